The zero-order valence-electron chi connectivity index (χ0n) is 16.3. The molecule has 0 aliphatic heterocycles. The third-order valence-electron chi connectivity index (χ3n) is 4.43. The second-order valence-corrected chi connectivity index (χ2v) is 7.43. The van der Waals surface area contributed by atoms with Crippen LogP contribution in [0.15, 0.2) is 54.6 Å². The predicted molar refractivity (Wildman–Crippen MR) is 119 cm³/mol. The molecular weight excluding hydrogens is 406 g/mol. The van der Waals surface area contributed by atoms with E-state index in [-0.39, 0.29) is 12.3 Å². The molecule has 0 unspecified atom stereocenters. The molecule has 0 aliphatic carbocycles. The zero-order valence-corrected chi connectivity index (χ0v) is 17.8. The normalized spacial score (nSPS) is 10.7. The highest BCUT2D eigenvalue weighted by molar-refractivity contribution is 7.71. The van der Waals surface area contributed by atoms with Crippen LogP contribution in [0.3, 0.4) is 0 Å². The van der Waals surface area contributed by atoms with E-state index in [0.717, 1.165) is 36.5 Å². The summed E-state index contributed by atoms with van der Waals surface area (Å²) in [4.78, 5) is 12.2. The van der Waals surface area contributed by atoms with Crippen molar-refractivity contribution in [2.45, 2.75) is 39.3 Å². The van der Waals surface area contributed by atoms with Crippen LogP contribution in [0.4, 0.5) is 5.69 Å². The molecule has 152 valence electrons. The van der Waals surface area contributed by atoms with Gasteiger partial charge in [0.15, 0.2) is 10.6 Å². The summed E-state index contributed by atoms with van der Waals surface area (Å²) in [5.41, 5.74) is 7.37. The summed E-state index contributed by atoms with van der Waals surface area (Å²) in [5.74, 6) is 0.662. The number of nitrogens with zero attached hydrogens (tertiary/aromatic N) is 3. The van der Waals surface area contributed by atoms with E-state index >= 15 is 0 Å². The number of halogens is 1. The Morgan fingerprint density at radius 2 is 1.83 bits per heavy atom. The highest BCUT2D eigenvalue weighted by Crippen LogP contribution is 2.21. The molecule has 1 heterocycles. The maximum absolute atomic E-state index is 12.2. The fourth-order valence-corrected chi connectivity index (χ4v) is 3.29. The number of hydrogen-bond acceptors (Lipinski definition) is 4. The minimum atomic E-state index is -0.132. The van der Waals surface area contributed by atoms with Gasteiger partial charge in [0.05, 0.1) is 12.2 Å². The number of carbonyl (C=O) groups excluding carboxylic acids is 1. The highest BCUT2D eigenvalue weighted by Gasteiger charge is 2.13. The topological polar surface area (TPSA) is 63.9 Å². The molecule has 0 fully saturated rings. The standard InChI is InChI=1S/C21H24ClN5OS/c1-2-3-14-26-20(16-9-11-17(22)12-10-16)25-27(21(26)29)15-13-19(28)24-23-18-7-5-4-6-8-18/h4-12,23H,2-3,13-15H2,1H3,(H,24,28). The second kappa shape index (κ2) is 10.2. The second-order valence-electron chi connectivity index (χ2n) is 6.63. The van der Waals surface area contributed by atoms with Crippen LogP contribution in [0, 0.1) is 4.77 Å². The Morgan fingerprint density at radius 3 is 2.52 bits per heavy atom. The average Bonchev–Trinajstić information content (AvgIpc) is 3.06. The lowest BCUT2D eigenvalue weighted by molar-refractivity contribution is -0.120. The number of benzene rings is 2. The lowest BCUT2D eigenvalue weighted by Gasteiger charge is -2.08. The molecule has 0 saturated heterocycles. The van der Waals surface area contributed by atoms with Crippen molar-refractivity contribution < 1.29 is 4.79 Å². The zero-order chi connectivity index (χ0) is 20.6. The van der Waals surface area contributed by atoms with Crippen LogP contribution in [0.5, 0.6) is 0 Å². The Bertz CT molecular complexity index is 998. The van der Waals surface area contributed by atoms with Crippen molar-refractivity contribution in [1.82, 2.24) is 19.8 Å². The predicted octanol–water partition coefficient (Wildman–Crippen LogP) is 5.07. The fourth-order valence-electron chi connectivity index (χ4n) is 2.85. The van der Waals surface area contributed by atoms with Gasteiger partial charge in [-0.1, -0.05) is 43.1 Å². The van der Waals surface area contributed by atoms with E-state index in [1.165, 1.54) is 0 Å². The molecule has 0 radical (unpaired) electrons. The fraction of sp³-hybridized carbons (Fsp3) is 0.286. The number of hydrazine groups is 1. The first-order valence-corrected chi connectivity index (χ1v) is 10.4. The summed E-state index contributed by atoms with van der Waals surface area (Å²) in [5, 5.41) is 5.36. The van der Waals surface area contributed by atoms with Crippen molar-refractivity contribution in [3.05, 3.63) is 64.4 Å². The van der Waals surface area contributed by atoms with Crippen molar-refractivity contribution in [3.8, 4) is 11.4 Å². The molecule has 6 nitrogen and oxygen atoms in total. The first-order chi connectivity index (χ1) is 14.1. The van der Waals surface area contributed by atoms with Crippen molar-refractivity contribution in [2.24, 2.45) is 0 Å². The number of aromatic nitrogens is 3. The molecule has 8 heteroatoms. The number of rotatable bonds is 9. The van der Waals surface area contributed by atoms with Gasteiger partial charge in [-0.25, -0.2) is 4.68 Å². The van der Waals surface area contributed by atoms with Gasteiger partial charge in [-0.05, 0) is 55.0 Å². The van der Waals surface area contributed by atoms with Gasteiger partial charge in [0.25, 0.3) is 0 Å². The maximum atomic E-state index is 12.2. The van der Waals surface area contributed by atoms with E-state index in [1.807, 2.05) is 59.2 Å². The van der Waals surface area contributed by atoms with Crippen molar-refractivity contribution in [1.29, 1.82) is 0 Å². The lowest BCUT2D eigenvalue weighted by atomic mass is 10.2. The van der Waals surface area contributed by atoms with Gasteiger partial charge in [-0.3, -0.25) is 20.2 Å². The molecule has 3 rings (SSSR count). The summed E-state index contributed by atoms with van der Waals surface area (Å²) in [6, 6.07) is 17.0. The molecule has 0 aliphatic rings. The number of unbranched alkanes of at least 4 members (excludes halogenated alkanes) is 1. The molecule has 0 saturated carbocycles. The highest BCUT2D eigenvalue weighted by atomic mass is 35.5. The Hall–Kier alpha value is -2.64. The van der Waals surface area contributed by atoms with E-state index in [0.29, 0.717) is 16.3 Å². The van der Waals surface area contributed by atoms with Gasteiger partial charge in [0, 0.05) is 23.6 Å². The Labute approximate surface area is 180 Å². The quantitative estimate of drug-likeness (QED) is 0.368. The van der Waals surface area contributed by atoms with Crippen molar-refractivity contribution >= 4 is 35.4 Å². The molecular formula is C21H24ClN5OS. The third kappa shape index (κ3) is 5.68. The number of nitrogens with one attached hydrogen (secondary N) is 2. The minimum absolute atomic E-state index is 0.132. The molecule has 0 atom stereocenters. The summed E-state index contributed by atoms with van der Waals surface area (Å²) in [7, 11) is 0. The molecule has 29 heavy (non-hydrogen) atoms. The monoisotopic (exact) mass is 429 g/mol. The summed E-state index contributed by atoms with van der Waals surface area (Å²) >= 11 is 11.6. The molecule has 1 amide bonds. The number of carbonyl (C=O) groups is 1. The smallest absolute Gasteiger partial charge is 0.240 e. The van der Waals surface area contributed by atoms with Crippen LogP contribution in [-0.4, -0.2) is 20.3 Å². The molecule has 1 aromatic heterocycles. The van der Waals surface area contributed by atoms with Crippen molar-refractivity contribution in [3.63, 3.8) is 0 Å². The van der Waals surface area contributed by atoms with Gasteiger partial charge in [0.1, 0.15) is 0 Å². The van der Waals surface area contributed by atoms with Crippen molar-refractivity contribution in [2.75, 3.05) is 5.43 Å². The van der Waals surface area contributed by atoms with Crippen LogP contribution in [0.2, 0.25) is 5.02 Å². The van der Waals surface area contributed by atoms with E-state index in [9.17, 15) is 4.79 Å². The molecule has 3 aromatic rings. The number of aryl methyl sites for hydroxylation is 1. The third-order valence-corrected chi connectivity index (χ3v) is 5.11. The van der Waals surface area contributed by atoms with E-state index in [4.69, 9.17) is 23.8 Å². The number of para-hydroxylation sites is 1. The van der Waals surface area contributed by atoms with Crippen LogP contribution < -0.4 is 10.9 Å². The first kappa shape index (κ1) is 21.1. The SMILES string of the molecule is CCCCn1c(-c2ccc(Cl)cc2)nn(CCC(=O)NNc2ccccc2)c1=S. The molecule has 2 N–H and O–H groups in total. The summed E-state index contributed by atoms with van der Waals surface area (Å²) < 4.78 is 4.37. The first-order valence-electron chi connectivity index (χ1n) is 9.62. The number of amides is 1. The summed E-state index contributed by atoms with van der Waals surface area (Å²) in [6.45, 7) is 3.33. The summed E-state index contributed by atoms with van der Waals surface area (Å²) in [6.07, 6.45) is 2.32. The van der Waals surface area contributed by atoms with Gasteiger partial charge in [-0.15, -0.1) is 0 Å². The Morgan fingerprint density at radius 1 is 1.10 bits per heavy atom. The Kier molecular flexibility index (Phi) is 7.43. The van der Waals surface area contributed by atoms with Crippen LogP contribution >= 0.6 is 23.8 Å². The molecule has 0 spiro atoms. The van der Waals surface area contributed by atoms with Crippen LogP contribution in [0.1, 0.15) is 26.2 Å². The minimum Gasteiger partial charge on any atom is -0.300 e. The Balaban J connectivity index is 1.70. The lowest BCUT2D eigenvalue weighted by Crippen LogP contribution is -2.30. The van der Waals surface area contributed by atoms with Crippen LogP contribution in [0.25, 0.3) is 11.4 Å². The average molecular weight is 430 g/mol. The van der Waals surface area contributed by atoms with Gasteiger partial charge in [0.2, 0.25) is 5.91 Å². The molecule has 2 aromatic carbocycles. The van der Waals surface area contributed by atoms with Gasteiger partial charge < -0.3 is 0 Å². The largest absolute Gasteiger partial charge is 0.300 e. The van der Waals surface area contributed by atoms with Gasteiger partial charge >= 0.3 is 0 Å². The molecule has 0 bridgehead atoms. The van der Waals surface area contributed by atoms with Crippen LogP contribution in [-0.2, 0) is 17.9 Å². The number of hydrogen-bond donors (Lipinski definition) is 2. The van der Waals surface area contributed by atoms with Gasteiger partial charge in [-0.2, -0.15) is 5.10 Å². The number of anilines is 1. The maximum Gasteiger partial charge on any atom is 0.240 e. The van der Waals surface area contributed by atoms with E-state index < -0.39 is 0 Å². The van der Waals surface area contributed by atoms with E-state index in [1.54, 1.807) is 4.68 Å². The van der Waals surface area contributed by atoms with E-state index in [2.05, 4.69) is 22.9 Å².